The van der Waals surface area contributed by atoms with E-state index < -0.39 is 11.7 Å². The molecule has 2 atom stereocenters. The van der Waals surface area contributed by atoms with Gasteiger partial charge in [-0.3, -0.25) is 0 Å². The molecule has 0 saturated heterocycles. The Kier molecular flexibility index (Phi) is 4.88. The Hall–Kier alpha value is -3.12. The predicted octanol–water partition coefficient (Wildman–Crippen LogP) is 4.20. The molecular formula is C20H19F3N6. The molecule has 4 rings (SSSR count). The average molecular weight is 400 g/mol. The van der Waals surface area contributed by atoms with E-state index in [1.54, 1.807) is 18.2 Å². The first-order valence-corrected chi connectivity index (χ1v) is 9.33. The van der Waals surface area contributed by atoms with Gasteiger partial charge in [0.15, 0.2) is 0 Å². The fraction of sp³-hybridized carbons (Fsp3) is 0.350. The predicted molar refractivity (Wildman–Crippen MR) is 103 cm³/mol. The van der Waals surface area contributed by atoms with Crippen LogP contribution in [-0.2, 0) is 6.18 Å². The van der Waals surface area contributed by atoms with Gasteiger partial charge < -0.3 is 16.0 Å². The zero-order chi connectivity index (χ0) is 20.6. The van der Waals surface area contributed by atoms with Crippen molar-refractivity contribution >= 4 is 16.9 Å². The summed E-state index contributed by atoms with van der Waals surface area (Å²) in [5.41, 5.74) is 6.18. The van der Waals surface area contributed by atoms with Crippen LogP contribution in [0.3, 0.4) is 0 Å². The molecule has 3 aromatic rings. The Morgan fingerprint density at radius 1 is 1.28 bits per heavy atom. The summed E-state index contributed by atoms with van der Waals surface area (Å²) in [6.45, 7) is 0. The van der Waals surface area contributed by atoms with Crippen molar-refractivity contribution < 1.29 is 13.2 Å². The number of hydrogen-bond donors (Lipinski definition) is 3. The molecule has 0 aliphatic heterocycles. The minimum absolute atomic E-state index is 0.0319. The molecule has 1 aliphatic rings. The molecule has 1 saturated carbocycles. The summed E-state index contributed by atoms with van der Waals surface area (Å²) < 4.78 is 40.9. The van der Waals surface area contributed by atoms with Gasteiger partial charge in [0.2, 0.25) is 5.95 Å². The quantitative estimate of drug-likeness (QED) is 0.611. The van der Waals surface area contributed by atoms with E-state index in [9.17, 15) is 13.2 Å². The van der Waals surface area contributed by atoms with E-state index in [1.165, 1.54) is 6.20 Å². The summed E-state index contributed by atoms with van der Waals surface area (Å²) >= 11 is 0. The molecule has 0 radical (unpaired) electrons. The monoisotopic (exact) mass is 400 g/mol. The molecule has 0 spiro atoms. The highest BCUT2D eigenvalue weighted by Gasteiger charge is 2.36. The number of fused-ring (bicyclic) bond motifs is 1. The lowest BCUT2D eigenvalue weighted by atomic mass is 9.92. The topological polar surface area (TPSA) is 103 Å². The van der Waals surface area contributed by atoms with E-state index in [2.05, 4.69) is 20.3 Å². The molecule has 2 aromatic heterocycles. The van der Waals surface area contributed by atoms with Gasteiger partial charge in [0.05, 0.1) is 17.3 Å². The molecule has 0 amide bonds. The fourth-order valence-corrected chi connectivity index (χ4v) is 3.80. The molecule has 2 heterocycles. The number of nitrogens with zero attached hydrogens (tertiary/aromatic N) is 3. The van der Waals surface area contributed by atoms with Crippen molar-refractivity contribution in [1.82, 2.24) is 15.0 Å². The second-order valence-electron chi connectivity index (χ2n) is 7.30. The molecule has 9 heteroatoms. The lowest BCUT2D eigenvalue weighted by Crippen LogP contribution is -2.35. The number of anilines is 1. The smallest absolute Gasteiger partial charge is 0.360 e. The lowest BCUT2D eigenvalue weighted by Gasteiger charge is -2.27. The van der Waals surface area contributed by atoms with Crippen LogP contribution in [-0.4, -0.2) is 27.0 Å². The van der Waals surface area contributed by atoms with Crippen molar-refractivity contribution in [1.29, 1.82) is 5.26 Å². The highest BCUT2D eigenvalue weighted by molar-refractivity contribution is 5.96. The summed E-state index contributed by atoms with van der Waals surface area (Å²) in [5.74, 6) is 0.148. The van der Waals surface area contributed by atoms with E-state index in [-0.39, 0.29) is 23.7 Å². The minimum Gasteiger partial charge on any atom is -0.360 e. The third kappa shape index (κ3) is 3.89. The SMILES string of the molecule is N#Cc1ccc2c(-c3nc(N[C@H]4CCC[C@@H](N)C4)ncc3C(F)(F)F)c[nH]c2c1. The molecule has 4 N–H and O–H groups in total. The van der Waals surface area contributed by atoms with Crippen LogP contribution >= 0.6 is 0 Å². The van der Waals surface area contributed by atoms with Crippen LogP contribution in [0.4, 0.5) is 19.1 Å². The molecule has 1 fully saturated rings. The Morgan fingerprint density at radius 2 is 2.10 bits per heavy atom. The number of benzene rings is 1. The number of nitriles is 1. The van der Waals surface area contributed by atoms with E-state index in [0.717, 1.165) is 31.9 Å². The van der Waals surface area contributed by atoms with Crippen LogP contribution in [0.5, 0.6) is 0 Å². The molecule has 6 nitrogen and oxygen atoms in total. The van der Waals surface area contributed by atoms with Gasteiger partial charge in [0.25, 0.3) is 0 Å². The number of hydrogen-bond acceptors (Lipinski definition) is 5. The number of alkyl halides is 3. The first-order chi connectivity index (χ1) is 13.8. The van der Waals surface area contributed by atoms with E-state index in [0.29, 0.717) is 22.0 Å². The second kappa shape index (κ2) is 7.37. The Morgan fingerprint density at radius 3 is 2.83 bits per heavy atom. The maximum atomic E-state index is 13.6. The van der Waals surface area contributed by atoms with E-state index in [4.69, 9.17) is 11.0 Å². The summed E-state index contributed by atoms with van der Waals surface area (Å²) in [6, 6.07) is 6.90. The van der Waals surface area contributed by atoms with Gasteiger partial charge in [0, 0.05) is 40.9 Å². The van der Waals surface area contributed by atoms with Gasteiger partial charge in [-0.15, -0.1) is 0 Å². The van der Waals surface area contributed by atoms with Crippen LogP contribution in [0, 0.1) is 11.3 Å². The van der Waals surface area contributed by atoms with Crippen molar-refractivity contribution in [2.24, 2.45) is 5.73 Å². The van der Waals surface area contributed by atoms with Crippen molar-refractivity contribution in [3.63, 3.8) is 0 Å². The zero-order valence-corrected chi connectivity index (χ0v) is 15.4. The Balaban J connectivity index is 1.77. The van der Waals surface area contributed by atoms with Crippen molar-refractivity contribution in [3.05, 3.63) is 41.7 Å². The number of halogens is 3. The van der Waals surface area contributed by atoms with Crippen LogP contribution in [0.15, 0.2) is 30.6 Å². The second-order valence-corrected chi connectivity index (χ2v) is 7.30. The van der Waals surface area contributed by atoms with Gasteiger partial charge >= 0.3 is 6.18 Å². The van der Waals surface area contributed by atoms with Crippen LogP contribution in [0.1, 0.15) is 36.8 Å². The van der Waals surface area contributed by atoms with Crippen LogP contribution in [0.2, 0.25) is 0 Å². The Labute approximate surface area is 165 Å². The third-order valence-corrected chi connectivity index (χ3v) is 5.21. The largest absolute Gasteiger partial charge is 0.419 e. The highest BCUT2D eigenvalue weighted by atomic mass is 19.4. The van der Waals surface area contributed by atoms with Gasteiger partial charge in [0.1, 0.15) is 5.56 Å². The molecular weight excluding hydrogens is 381 g/mol. The van der Waals surface area contributed by atoms with Crippen LogP contribution < -0.4 is 11.1 Å². The molecule has 0 unspecified atom stereocenters. The molecule has 150 valence electrons. The van der Waals surface area contributed by atoms with Crippen LogP contribution in [0.25, 0.3) is 22.2 Å². The molecule has 29 heavy (non-hydrogen) atoms. The summed E-state index contributed by atoms with van der Waals surface area (Å²) in [5, 5.41) is 12.7. The zero-order valence-electron chi connectivity index (χ0n) is 15.4. The minimum atomic E-state index is -4.60. The highest BCUT2D eigenvalue weighted by Crippen LogP contribution is 2.39. The Bertz CT molecular complexity index is 1080. The van der Waals surface area contributed by atoms with Crippen molar-refractivity contribution in [3.8, 4) is 17.3 Å². The average Bonchev–Trinajstić information content (AvgIpc) is 3.10. The number of H-pyrrole nitrogens is 1. The van der Waals surface area contributed by atoms with Crippen molar-refractivity contribution in [2.75, 3.05) is 5.32 Å². The first kappa shape index (κ1) is 19.2. The number of rotatable bonds is 3. The number of nitrogens with one attached hydrogen (secondary N) is 2. The van der Waals surface area contributed by atoms with Crippen molar-refractivity contribution in [2.45, 2.75) is 43.9 Å². The lowest BCUT2D eigenvalue weighted by molar-refractivity contribution is -0.137. The number of nitrogens with two attached hydrogens (primary N) is 1. The number of aromatic amines is 1. The fourth-order valence-electron chi connectivity index (χ4n) is 3.80. The summed E-state index contributed by atoms with van der Waals surface area (Å²) in [6.07, 6.45) is 1.19. The maximum absolute atomic E-state index is 13.6. The van der Waals surface area contributed by atoms with Gasteiger partial charge in [-0.2, -0.15) is 18.4 Å². The normalized spacial score (nSPS) is 19.8. The standard InChI is InChI=1S/C20H19F3N6/c21-20(22,23)16-10-27-19(28-13-3-1-2-12(25)7-13)29-18(16)15-9-26-17-6-11(8-24)4-5-14(15)17/h4-6,9-10,12-13,26H,1-3,7,25H2,(H,27,28,29)/t12-,13+/m1/s1. The number of aromatic nitrogens is 3. The summed E-state index contributed by atoms with van der Waals surface area (Å²) in [7, 11) is 0. The molecule has 0 bridgehead atoms. The van der Waals surface area contributed by atoms with Gasteiger partial charge in [-0.25, -0.2) is 9.97 Å². The third-order valence-electron chi connectivity index (χ3n) is 5.21. The van der Waals surface area contributed by atoms with Gasteiger partial charge in [-0.05, 0) is 37.8 Å². The maximum Gasteiger partial charge on any atom is 0.419 e. The molecule has 1 aliphatic carbocycles. The first-order valence-electron chi connectivity index (χ1n) is 9.33. The van der Waals surface area contributed by atoms with E-state index >= 15 is 0 Å². The van der Waals surface area contributed by atoms with Gasteiger partial charge in [-0.1, -0.05) is 6.07 Å². The summed E-state index contributed by atoms with van der Waals surface area (Å²) in [4.78, 5) is 11.1. The van der Waals surface area contributed by atoms with E-state index in [1.807, 2.05) is 6.07 Å². The molecule has 1 aromatic carbocycles.